The fourth-order valence-corrected chi connectivity index (χ4v) is 5.95. The monoisotopic (exact) mass is 475 g/mol. The van der Waals surface area contributed by atoms with Gasteiger partial charge in [0.2, 0.25) is 0 Å². The van der Waals surface area contributed by atoms with Gasteiger partial charge in [0.05, 0.1) is 29.7 Å². The van der Waals surface area contributed by atoms with E-state index in [1.165, 1.54) is 12.7 Å². The predicted molar refractivity (Wildman–Crippen MR) is 135 cm³/mol. The second kappa shape index (κ2) is 9.36. The molecular weight excluding hydrogens is 442 g/mol. The molecule has 3 aromatic rings. The molecule has 184 valence electrons. The molecule has 1 unspecified atom stereocenters. The molecule has 7 heteroatoms. The van der Waals surface area contributed by atoms with Gasteiger partial charge in [0.25, 0.3) is 0 Å². The van der Waals surface area contributed by atoms with E-state index >= 15 is 0 Å². The Morgan fingerprint density at radius 3 is 2.43 bits per heavy atom. The van der Waals surface area contributed by atoms with Crippen LogP contribution in [-0.4, -0.2) is 39.9 Å². The van der Waals surface area contributed by atoms with E-state index in [9.17, 15) is 14.7 Å². The molecule has 1 amide bonds. The predicted octanol–water partition coefficient (Wildman–Crippen LogP) is 5.91. The number of hydrogen-bond donors (Lipinski definition) is 1. The van der Waals surface area contributed by atoms with Crippen LogP contribution >= 0.6 is 0 Å². The number of nitrogens with zero attached hydrogens (tertiary/aromatic N) is 3. The maximum absolute atomic E-state index is 12.6. The lowest BCUT2D eigenvalue weighted by atomic mass is 9.85. The molecule has 1 N–H and O–H groups in total. The van der Waals surface area contributed by atoms with E-state index in [1.807, 2.05) is 31.2 Å². The van der Waals surface area contributed by atoms with E-state index in [4.69, 9.17) is 9.72 Å². The number of rotatable bonds is 4. The van der Waals surface area contributed by atoms with Crippen LogP contribution in [0.3, 0.4) is 0 Å². The summed E-state index contributed by atoms with van der Waals surface area (Å²) in [7, 11) is 1.42. The summed E-state index contributed by atoms with van der Waals surface area (Å²) in [6.07, 6.45) is 4.35. The minimum absolute atomic E-state index is 0.0588. The number of carboxylic acid groups (broad SMARTS) is 1. The number of carbonyl (C=O) groups is 2. The van der Waals surface area contributed by atoms with Crippen molar-refractivity contribution in [3.8, 4) is 0 Å². The van der Waals surface area contributed by atoms with Crippen molar-refractivity contribution in [1.82, 2.24) is 9.55 Å². The fourth-order valence-electron chi connectivity index (χ4n) is 5.95. The highest BCUT2D eigenvalue weighted by Crippen LogP contribution is 2.42. The third-order valence-electron chi connectivity index (χ3n) is 7.95. The Morgan fingerprint density at radius 2 is 1.77 bits per heavy atom. The quantitative estimate of drug-likeness (QED) is 0.507. The SMILES string of the molecule is COC(=O)N1c2ccc3c(nc(C(C)c4ccccc4)n3C3CCC(C(=O)O)CC3)c2CC[C@@H]1C. The highest BCUT2D eigenvalue weighted by molar-refractivity contribution is 5.95. The maximum atomic E-state index is 12.6. The molecule has 0 spiro atoms. The van der Waals surface area contributed by atoms with E-state index in [0.717, 1.165) is 53.8 Å². The largest absolute Gasteiger partial charge is 0.481 e. The first-order valence-corrected chi connectivity index (χ1v) is 12.6. The van der Waals surface area contributed by atoms with Gasteiger partial charge in [-0.05, 0) is 63.1 Å². The van der Waals surface area contributed by atoms with Crippen LogP contribution in [0.15, 0.2) is 42.5 Å². The Hall–Kier alpha value is -3.35. The van der Waals surface area contributed by atoms with E-state index in [-0.39, 0.29) is 30.0 Å². The number of carbonyl (C=O) groups excluding carboxylic acids is 1. The zero-order valence-electron chi connectivity index (χ0n) is 20.6. The molecule has 0 radical (unpaired) electrons. The van der Waals surface area contributed by atoms with Gasteiger partial charge < -0.3 is 14.4 Å². The molecule has 1 aliphatic heterocycles. The lowest BCUT2D eigenvalue weighted by molar-refractivity contribution is -0.143. The molecule has 2 atom stereocenters. The number of hydrogen-bond acceptors (Lipinski definition) is 4. The van der Waals surface area contributed by atoms with Gasteiger partial charge in [-0.25, -0.2) is 9.78 Å². The zero-order valence-corrected chi connectivity index (χ0v) is 20.6. The zero-order chi connectivity index (χ0) is 24.7. The van der Waals surface area contributed by atoms with Crippen LogP contribution in [0.1, 0.15) is 74.9 Å². The number of methoxy groups -OCH3 is 1. The minimum Gasteiger partial charge on any atom is -0.481 e. The van der Waals surface area contributed by atoms with E-state index < -0.39 is 5.97 Å². The van der Waals surface area contributed by atoms with Crippen molar-refractivity contribution < 1.29 is 19.4 Å². The lowest BCUT2D eigenvalue weighted by Crippen LogP contribution is -2.42. The van der Waals surface area contributed by atoms with Gasteiger partial charge in [0, 0.05) is 23.6 Å². The summed E-state index contributed by atoms with van der Waals surface area (Å²) >= 11 is 0. The lowest BCUT2D eigenvalue weighted by Gasteiger charge is -2.34. The third kappa shape index (κ3) is 4.07. The Bertz CT molecular complexity index is 1240. The Morgan fingerprint density at radius 1 is 1.06 bits per heavy atom. The number of amides is 1. The summed E-state index contributed by atoms with van der Waals surface area (Å²) in [5.41, 5.74) is 5.18. The summed E-state index contributed by atoms with van der Waals surface area (Å²) in [4.78, 5) is 31.2. The first kappa shape index (κ1) is 23.4. The highest BCUT2D eigenvalue weighted by atomic mass is 16.5. The molecule has 0 saturated heterocycles. The molecule has 7 nitrogen and oxygen atoms in total. The normalized spacial score (nSPS) is 23.1. The van der Waals surface area contributed by atoms with Gasteiger partial charge in [0.1, 0.15) is 5.82 Å². The molecule has 1 aromatic heterocycles. The van der Waals surface area contributed by atoms with Gasteiger partial charge in [0.15, 0.2) is 0 Å². The summed E-state index contributed by atoms with van der Waals surface area (Å²) in [6.45, 7) is 4.23. The smallest absolute Gasteiger partial charge is 0.414 e. The third-order valence-corrected chi connectivity index (χ3v) is 7.95. The number of ether oxygens (including phenoxy) is 1. The van der Waals surface area contributed by atoms with E-state index in [0.29, 0.717) is 12.8 Å². The topological polar surface area (TPSA) is 84.7 Å². The van der Waals surface area contributed by atoms with Gasteiger partial charge in [-0.15, -0.1) is 0 Å². The molecule has 1 saturated carbocycles. The number of anilines is 1. The molecule has 35 heavy (non-hydrogen) atoms. The maximum Gasteiger partial charge on any atom is 0.414 e. The molecule has 2 heterocycles. The van der Waals surface area contributed by atoms with Crippen molar-refractivity contribution >= 4 is 28.8 Å². The van der Waals surface area contributed by atoms with Crippen molar-refractivity contribution in [3.63, 3.8) is 0 Å². The summed E-state index contributed by atoms with van der Waals surface area (Å²) in [6, 6.07) is 14.8. The number of fused-ring (bicyclic) bond motifs is 3. The molecular formula is C28H33N3O4. The second-order valence-corrected chi connectivity index (χ2v) is 9.97. The average Bonchev–Trinajstić information content (AvgIpc) is 3.28. The van der Waals surface area contributed by atoms with Crippen molar-refractivity contribution in [2.75, 3.05) is 12.0 Å². The number of benzene rings is 2. The highest BCUT2D eigenvalue weighted by Gasteiger charge is 2.34. The summed E-state index contributed by atoms with van der Waals surface area (Å²) in [5.74, 6) is 0.124. The van der Waals surface area contributed by atoms with E-state index in [2.05, 4.69) is 29.7 Å². The van der Waals surface area contributed by atoms with Gasteiger partial charge in [-0.1, -0.05) is 37.3 Å². The van der Waals surface area contributed by atoms with Crippen molar-refractivity contribution in [2.45, 2.75) is 70.4 Å². The number of imidazole rings is 1. The van der Waals surface area contributed by atoms with Crippen LogP contribution in [0.25, 0.3) is 11.0 Å². The van der Waals surface area contributed by atoms with Gasteiger partial charge in [-0.3, -0.25) is 9.69 Å². The molecule has 0 bridgehead atoms. The van der Waals surface area contributed by atoms with Crippen LogP contribution in [0, 0.1) is 5.92 Å². The molecule has 2 aromatic carbocycles. The fraction of sp³-hybridized carbons (Fsp3) is 0.464. The Balaban J connectivity index is 1.65. The molecule has 5 rings (SSSR count). The van der Waals surface area contributed by atoms with Crippen LogP contribution in [0.4, 0.5) is 10.5 Å². The molecule has 2 aliphatic rings. The van der Waals surface area contributed by atoms with Crippen LogP contribution in [-0.2, 0) is 16.0 Å². The average molecular weight is 476 g/mol. The van der Waals surface area contributed by atoms with Gasteiger partial charge in [-0.2, -0.15) is 0 Å². The second-order valence-electron chi connectivity index (χ2n) is 9.97. The van der Waals surface area contributed by atoms with Crippen molar-refractivity contribution in [2.24, 2.45) is 5.92 Å². The summed E-state index contributed by atoms with van der Waals surface area (Å²) < 4.78 is 7.46. The van der Waals surface area contributed by atoms with Crippen molar-refractivity contribution in [1.29, 1.82) is 0 Å². The van der Waals surface area contributed by atoms with Gasteiger partial charge >= 0.3 is 12.1 Å². The first-order valence-electron chi connectivity index (χ1n) is 12.6. The van der Waals surface area contributed by atoms with E-state index in [1.54, 1.807) is 4.90 Å². The first-order chi connectivity index (χ1) is 16.9. The number of aryl methyl sites for hydroxylation is 1. The van der Waals surface area contributed by atoms with Crippen LogP contribution in [0.5, 0.6) is 0 Å². The Kier molecular flexibility index (Phi) is 6.26. The number of carboxylic acids is 1. The molecule has 1 aliphatic carbocycles. The number of aromatic nitrogens is 2. The molecule has 1 fully saturated rings. The Labute approximate surface area is 205 Å². The van der Waals surface area contributed by atoms with Crippen molar-refractivity contribution in [3.05, 3.63) is 59.4 Å². The van der Waals surface area contributed by atoms with Crippen LogP contribution < -0.4 is 4.90 Å². The summed E-state index contributed by atoms with van der Waals surface area (Å²) in [5, 5.41) is 9.50. The number of aliphatic carboxylic acids is 1. The minimum atomic E-state index is -0.692. The van der Waals surface area contributed by atoms with Crippen LogP contribution in [0.2, 0.25) is 0 Å². The standard InChI is InChI=1S/C28H33N3O4/c1-17-9-14-22-23(30(17)28(34)35-3)15-16-24-25(22)29-26(18(2)19-7-5-4-6-8-19)31(24)21-12-10-20(11-13-21)27(32)33/h4-8,15-18,20-21H,9-14H2,1-3H3,(H,32,33)/t17-,18?,20?,21?/m0/s1.